The number of anilines is 3. The van der Waals surface area contributed by atoms with Crippen LogP contribution in [0.15, 0.2) is 83.8 Å². The van der Waals surface area contributed by atoms with Crippen LogP contribution in [0.25, 0.3) is 0 Å². The van der Waals surface area contributed by atoms with E-state index < -0.39 is 18.3 Å². The number of phenols is 1. The Labute approximate surface area is 232 Å². The van der Waals surface area contributed by atoms with E-state index in [1.54, 1.807) is 66.4 Å². The molecule has 5 N–H and O–H groups in total. The van der Waals surface area contributed by atoms with E-state index in [-0.39, 0.29) is 17.4 Å². The maximum Gasteiger partial charge on any atom is 0.412 e. The molecule has 2 amide bonds. The number of nitrogens with one attached hydrogen (secondary N) is 2. The fraction of sp³-hybridized carbons (Fsp3) is 0.241. The molecule has 10 heteroatoms. The average molecular weight is 552 g/mol. The van der Waals surface area contributed by atoms with Gasteiger partial charge in [-0.2, -0.15) is 0 Å². The lowest BCUT2D eigenvalue weighted by Crippen LogP contribution is -2.28. The summed E-state index contributed by atoms with van der Waals surface area (Å²) in [5.74, 6) is -0.123. The van der Waals surface area contributed by atoms with E-state index in [4.69, 9.17) is 19.9 Å². The zero-order chi connectivity index (χ0) is 28.2. The van der Waals surface area contributed by atoms with Gasteiger partial charge in [-0.25, -0.2) is 4.79 Å². The number of nitrogens with two attached hydrogens (primary N) is 1. The van der Waals surface area contributed by atoms with Crippen LogP contribution >= 0.6 is 11.8 Å². The largest absolute Gasteiger partial charge is 0.504 e. The van der Waals surface area contributed by atoms with Crippen LogP contribution in [0.2, 0.25) is 0 Å². The van der Waals surface area contributed by atoms with Crippen molar-refractivity contribution in [1.29, 1.82) is 0 Å². The number of phenolic OH excluding ortho intramolecular Hbond substituents is 1. The minimum absolute atomic E-state index is 0.0942. The smallest absolute Gasteiger partial charge is 0.412 e. The molecule has 0 fully saturated rings. The standard InChI is InChI=1S/C29H33N3O6S/c1-36-25-17-12-19(18-24(25)33)28(38-29(35)31-20-13-15-21(39-3)16-14-20)26(37-2)10-6-7-11-27(34)32-23-9-5-4-8-22(23)30/h4-5,7-9,11-18,26,28,33H,6,10,30H2,1-3H3,(H,31,35)(H,32,34)/b11-7+/t26-,28-/m1/s1. The first-order valence-electron chi connectivity index (χ1n) is 12.2. The predicted octanol–water partition coefficient (Wildman–Crippen LogP) is 5.98. The van der Waals surface area contributed by atoms with Crippen molar-refractivity contribution in [2.75, 3.05) is 36.8 Å². The van der Waals surface area contributed by atoms with Crippen LogP contribution in [0.3, 0.4) is 0 Å². The molecule has 0 aliphatic heterocycles. The maximum absolute atomic E-state index is 12.8. The van der Waals surface area contributed by atoms with E-state index >= 15 is 0 Å². The van der Waals surface area contributed by atoms with E-state index in [0.717, 1.165) is 4.90 Å². The van der Waals surface area contributed by atoms with Gasteiger partial charge >= 0.3 is 6.09 Å². The van der Waals surface area contributed by atoms with Gasteiger partial charge in [-0.15, -0.1) is 11.8 Å². The lowest BCUT2D eigenvalue weighted by atomic mass is 9.99. The number of hydrogen-bond donors (Lipinski definition) is 4. The molecule has 2 atom stereocenters. The molecule has 3 rings (SSSR count). The second kappa shape index (κ2) is 14.7. The molecule has 0 heterocycles. The third-order valence-electron chi connectivity index (χ3n) is 5.85. The number of aromatic hydroxyl groups is 1. The highest BCUT2D eigenvalue weighted by atomic mass is 32.2. The molecule has 0 aliphatic carbocycles. The first-order chi connectivity index (χ1) is 18.8. The minimum atomic E-state index is -0.858. The number of methoxy groups -OCH3 is 2. The number of allylic oxidation sites excluding steroid dienone is 1. The van der Waals surface area contributed by atoms with Crippen molar-refractivity contribution in [3.8, 4) is 11.5 Å². The van der Waals surface area contributed by atoms with Gasteiger partial charge in [-0.1, -0.05) is 24.3 Å². The normalized spacial score (nSPS) is 12.5. The van der Waals surface area contributed by atoms with Gasteiger partial charge in [0.15, 0.2) is 17.6 Å². The number of carbonyl (C=O) groups is 2. The Bertz CT molecular complexity index is 1280. The summed E-state index contributed by atoms with van der Waals surface area (Å²) in [4.78, 5) is 26.2. The van der Waals surface area contributed by atoms with Gasteiger partial charge in [0.1, 0.15) is 0 Å². The van der Waals surface area contributed by atoms with Crippen LogP contribution in [-0.4, -0.2) is 43.7 Å². The third kappa shape index (κ3) is 8.69. The van der Waals surface area contributed by atoms with E-state index in [9.17, 15) is 14.7 Å². The van der Waals surface area contributed by atoms with Crippen LogP contribution in [0, 0.1) is 0 Å². The van der Waals surface area contributed by atoms with Gasteiger partial charge < -0.3 is 30.4 Å². The lowest BCUT2D eigenvalue weighted by Gasteiger charge is -2.26. The summed E-state index contributed by atoms with van der Waals surface area (Å²) in [7, 11) is 2.96. The molecule has 0 saturated heterocycles. The molecule has 9 nitrogen and oxygen atoms in total. The Morgan fingerprint density at radius 3 is 2.44 bits per heavy atom. The molecule has 0 saturated carbocycles. The quantitative estimate of drug-likeness (QED) is 0.123. The van der Waals surface area contributed by atoms with Crippen molar-refractivity contribution in [1.82, 2.24) is 0 Å². The van der Waals surface area contributed by atoms with Crippen LogP contribution in [0.1, 0.15) is 24.5 Å². The third-order valence-corrected chi connectivity index (χ3v) is 6.59. The minimum Gasteiger partial charge on any atom is -0.504 e. The highest BCUT2D eigenvalue weighted by Gasteiger charge is 2.28. The highest BCUT2D eigenvalue weighted by molar-refractivity contribution is 7.98. The summed E-state index contributed by atoms with van der Waals surface area (Å²) >= 11 is 1.60. The molecule has 0 radical (unpaired) electrons. The summed E-state index contributed by atoms with van der Waals surface area (Å²) in [5, 5.41) is 15.8. The van der Waals surface area contributed by atoms with E-state index in [0.29, 0.717) is 35.5 Å². The number of amides is 2. The molecular weight excluding hydrogens is 518 g/mol. The second-order valence-corrected chi connectivity index (χ2v) is 9.32. The molecule has 0 bridgehead atoms. The number of carbonyl (C=O) groups excluding carboxylic acids is 2. The van der Waals surface area contributed by atoms with Crippen LogP contribution < -0.4 is 21.1 Å². The number of benzene rings is 3. The number of thioether (sulfide) groups is 1. The average Bonchev–Trinajstić information content (AvgIpc) is 2.94. The van der Waals surface area contributed by atoms with Crippen LogP contribution in [-0.2, 0) is 14.3 Å². The Hall–Kier alpha value is -4.15. The number of ether oxygens (including phenoxy) is 3. The van der Waals surface area contributed by atoms with Gasteiger partial charge in [0.2, 0.25) is 5.91 Å². The highest BCUT2D eigenvalue weighted by Crippen LogP contribution is 2.34. The summed E-state index contributed by atoms with van der Waals surface area (Å²) < 4.78 is 16.6. The molecule has 0 aliphatic rings. The monoisotopic (exact) mass is 551 g/mol. The van der Waals surface area contributed by atoms with Crippen LogP contribution in [0.4, 0.5) is 21.9 Å². The first-order valence-corrected chi connectivity index (χ1v) is 13.4. The molecule has 39 heavy (non-hydrogen) atoms. The van der Waals surface area contributed by atoms with Crippen molar-refractivity contribution in [3.05, 3.63) is 84.4 Å². The zero-order valence-electron chi connectivity index (χ0n) is 22.0. The Balaban J connectivity index is 1.70. The number of rotatable bonds is 12. The molecule has 206 valence electrons. The fourth-order valence-corrected chi connectivity index (χ4v) is 4.22. The molecule has 3 aromatic carbocycles. The first kappa shape index (κ1) is 29.4. The second-order valence-electron chi connectivity index (χ2n) is 8.44. The van der Waals surface area contributed by atoms with Crippen molar-refractivity contribution in [2.45, 2.75) is 29.9 Å². The number of hydrogen-bond acceptors (Lipinski definition) is 8. The molecule has 0 unspecified atom stereocenters. The van der Waals surface area contributed by atoms with Gasteiger partial charge in [0, 0.05) is 17.7 Å². The van der Waals surface area contributed by atoms with Gasteiger partial charge in [0.25, 0.3) is 0 Å². The maximum atomic E-state index is 12.8. The van der Waals surface area contributed by atoms with E-state index in [1.807, 2.05) is 18.4 Å². The summed E-state index contributed by atoms with van der Waals surface area (Å²) in [5.41, 5.74) is 7.98. The van der Waals surface area contributed by atoms with Gasteiger partial charge in [-0.05, 0) is 79.3 Å². The van der Waals surface area contributed by atoms with Crippen molar-refractivity contribution in [2.24, 2.45) is 0 Å². The van der Waals surface area contributed by atoms with Crippen molar-refractivity contribution in [3.63, 3.8) is 0 Å². The Morgan fingerprint density at radius 1 is 1.05 bits per heavy atom. The Kier molecular flexibility index (Phi) is 11.1. The van der Waals surface area contributed by atoms with Gasteiger partial charge in [-0.3, -0.25) is 10.1 Å². The summed E-state index contributed by atoms with van der Waals surface area (Å²) in [6.45, 7) is 0. The van der Waals surface area contributed by atoms with Crippen molar-refractivity contribution >= 4 is 40.8 Å². The molecular formula is C29H33N3O6S. The summed E-state index contributed by atoms with van der Waals surface area (Å²) in [6.07, 6.45) is 3.84. The summed E-state index contributed by atoms with van der Waals surface area (Å²) in [6, 6.07) is 19.1. The topological polar surface area (TPSA) is 132 Å². The SMILES string of the molecule is COc1ccc([C@@H](OC(=O)Nc2ccc(SC)cc2)[C@@H](CC/C=C/C(=O)Nc2ccccc2N)OC)cc1O. The van der Waals surface area contributed by atoms with Crippen LogP contribution in [0.5, 0.6) is 11.5 Å². The lowest BCUT2D eigenvalue weighted by molar-refractivity contribution is -0.111. The van der Waals surface area contributed by atoms with Gasteiger partial charge in [0.05, 0.1) is 24.6 Å². The molecule has 0 aromatic heterocycles. The van der Waals surface area contributed by atoms with Crippen molar-refractivity contribution < 1.29 is 28.9 Å². The van der Waals surface area contributed by atoms with E-state index in [1.165, 1.54) is 26.4 Å². The zero-order valence-corrected chi connectivity index (χ0v) is 22.9. The number of nitrogen functional groups attached to an aromatic ring is 1. The number of para-hydroxylation sites is 2. The fourth-order valence-electron chi connectivity index (χ4n) is 3.81. The predicted molar refractivity (Wildman–Crippen MR) is 154 cm³/mol. The Morgan fingerprint density at radius 2 is 1.79 bits per heavy atom. The molecule has 0 spiro atoms. The van der Waals surface area contributed by atoms with E-state index in [2.05, 4.69) is 10.6 Å². The molecule has 3 aromatic rings.